The first-order chi connectivity index (χ1) is 10.1. The first-order valence-corrected chi connectivity index (χ1v) is 7.41. The van der Waals surface area contributed by atoms with Crippen LogP contribution in [0, 0.1) is 0 Å². The molecule has 5 nitrogen and oxygen atoms in total. The third kappa shape index (κ3) is 6.60. The van der Waals surface area contributed by atoms with Gasteiger partial charge in [0.1, 0.15) is 6.61 Å². The van der Waals surface area contributed by atoms with Crippen LogP contribution in [0.1, 0.15) is 33.1 Å². The van der Waals surface area contributed by atoms with E-state index >= 15 is 0 Å². The van der Waals surface area contributed by atoms with Crippen molar-refractivity contribution in [2.75, 3.05) is 23.8 Å². The van der Waals surface area contributed by atoms with E-state index in [4.69, 9.17) is 16.3 Å². The molecule has 0 aromatic heterocycles. The number of ether oxygens (including phenoxy) is 1. The summed E-state index contributed by atoms with van der Waals surface area (Å²) in [4.78, 5) is 23.0. The number of hydrogen-bond acceptors (Lipinski definition) is 3. The molecule has 2 N–H and O–H groups in total. The van der Waals surface area contributed by atoms with Gasteiger partial charge in [0.15, 0.2) is 0 Å². The normalized spacial score (nSPS) is 10.2. The molecule has 0 spiro atoms. The Kier molecular flexibility index (Phi) is 7.79. The minimum absolute atomic E-state index is 0.0198. The van der Waals surface area contributed by atoms with Gasteiger partial charge in [-0.15, -0.1) is 0 Å². The minimum atomic E-state index is -0.229. The maximum absolute atomic E-state index is 11.6. The van der Waals surface area contributed by atoms with Gasteiger partial charge in [-0.25, -0.2) is 0 Å². The second-order valence-electron chi connectivity index (χ2n) is 4.55. The quantitative estimate of drug-likeness (QED) is 0.722. The second-order valence-corrected chi connectivity index (χ2v) is 4.96. The van der Waals surface area contributed by atoms with Crippen molar-refractivity contribution in [2.24, 2.45) is 0 Å². The zero-order valence-electron chi connectivity index (χ0n) is 12.4. The zero-order valence-corrected chi connectivity index (χ0v) is 13.1. The monoisotopic (exact) mass is 312 g/mol. The van der Waals surface area contributed by atoms with Gasteiger partial charge in [-0.05, 0) is 24.6 Å². The number of unbranched alkanes of at least 4 members (excludes halogenated alkanes) is 1. The van der Waals surface area contributed by atoms with E-state index < -0.39 is 0 Å². The van der Waals surface area contributed by atoms with E-state index in [0.717, 1.165) is 12.8 Å². The van der Waals surface area contributed by atoms with Crippen molar-refractivity contribution in [3.63, 3.8) is 0 Å². The first kappa shape index (κ1) is 17.5. The van der Waals surface area contributed by atoms with Crippen molar-refractivity contribution >= 4 is 34.8 Å². The van der Waals surface area contributed by atoms with Gasteiger partial charge in [-0.3, -0.25) is 9.59 Å². The van der Waals surface area contributed by atoms with Gasteiger partial charge < -0.3 is 15.4 Å². The number of hydrogen-bond donors (Lipinski definition) is 2. The summed E-state index contributed by atoms with van der Waals surface area (Å²) in [5.41, 5.74) is 1.10. The standard InChI is InChI=1S/C15H21ClN2O3/c1-3-5-8-21-10-15(20)17-11-6-7-13(12(16)9-11)18-14(19)4-2/h6-7,9H,3-5,8,10H2,1-2H3,(H,17,20)(H,18,19). The Morgan fingerprint density at radius 3 is 2.57 bits per heavy atom. The highest BCUT2D eigenvalue weighted by Crippen LogP contribution is 2.25. The molecular formula is C15H21ClN2O3. The van der Waals surface area contributed by atoms with E-state index in [2.05, 4.69) is 17.6 Å². The van der Waals surface area contributed by atoms with Crippen LogP contribution in [0.15, 0.2) is 18.2 Å². The van der Waals surface area contributed by atoms with E-state index in [-0.39, 0.29) is 18.4 Å². The predicted octanol–water partition coefficient (Wildman–Crippen LogP) is 3.44. The molecule has 0 atom stereocenters. The minimum Gasteiger partial charge on any atom is -0.372 e. The van der Waals surface area contributed by atoms with Crippen LogP contribution in [-0.2, 0) is 14.3 Å². The van der Waals surface area contributed by atoms with Crippen LogP contribution in [0.3, 0.4) is 0 Å². The van der Waals surface area contributed by atoms with Gasteiger partial charge in [0.05, 0.1) is 10.7 Å². The smallest absolute Gasteiger partial charge is 0.250 e. The maximum atomic E-state index is 11.6. The summed E-state index contributed by atoms with van der Waals surface area (Å²) in [5, 5.41) is 5.75. The van der Waals surface area contributed by atoms with Gasteiger partial charge in [0.2, 0.25) is 11.8 Å². The van der Waals surface area contributed by atoms with Crippen molar-refractivity contribution in [1.29, 1.82) is 0 Å². The van der Waals surface area contributed by atoms with Gasteiger partial charge in [-0.1, -0.05) is 31.9 Å². The van der Waals surface area contributed by atoms with E-state index in [1.54, 1.807) is 25.1 Å². The lowest BCUT2D eigenvalue weighted by molar-refractivity contribution is -0.120. The van der Waals surface area contributed by atoms with Crippen LogP contribution < -0.4 is 10.6 Å². The van der Waals surface area contributed by atoms with E-state index in [9.17, 15) is 9.59 Å². The number of amides is 2. The van der Waals surface area contributed by atoms with Gasteiger partial charge >= 0.3 is 0 Å². The van der Waals surface area contributed by atoms with Crippen molar-refractivity contribution in [2.45, 2.75) is 33.1 Å². The number of anilines is 2. The number of benzene rings is 1. The third-order valence-corrected chi connectivity index (χ3v) is 3.04. The molecule has 1 rings (SSSR count). The lowest BCUT2D eigenvalue weighted by atomic mass is 10.2. The van der Waals surface area contributed by atoms with Crippen LogP contribution in [0.4, 0.5) is 11.4 Å². The van der Waals surface area contributed by atoms with Crippen LogP contribution in [0.2, 0.25) is 5.02 Å². The molecule has 0 heterocycles. The molecule has 0 radical (unpaired) electrons. The molecule has 116 valence electrons. The Labute approximate surface area is 130 Å². The lowest BCUT2D eigenvalue weighted by Gasteiger charge is -2.10. The van der Waals surface area contributed by atoms with E-state index in [0.29, 0.717) is 29.4 Å². The molecule has 0 aliphatic carbocycles. The van der Waals surface area contributed by atoms with Crippen LogP contribution in [0.5, 0.6) is 0 Å². The summed E-state index contributed by atoms with van der Waals surface area (Å²) in [7, 11) is 0. The highest BCUT2D eigenvalue weighted by Gasteiger charge is 2.07. The molecular weight excluding hydrogens is 292 g/mol. The summed E-state index contributed by atoms with van der Waals surface area (Å²) in [6.45, 7) is 4.42. The Hall–Kier alpha value is -1.59. The lowest BCUT2D eigenvalue weighted by Crippen LogP contribution is -2.18. The molecule has 2 amide bonds. The molecule has 21 heavy (non-hydrogen) atoms. The topological polar surface area (TPSA) is 67.4 Å². The average Bonchev–Trinajstić information content (AvgIpc) is 2.46. The number of carbonyl (C=O) groups is 2. The number of rotatable bonds is 8. The number of halogens is 1. The van der Waals surface area contributed by atoms with Gasteiger partial charge in [-0.2, -0.15) is 0 Å². The zero-order chi connectivity index (χ0) is 15.7. The SMILES string of the molecule is CCCCOCC(=O)Nc1ccc(NC(=O)CC)c(Cl)c1. The highest BCUT2D eigenvalue weighted by atomic mass is 35.5. The van der Waals surface area contributed by atoms with Crippen molar-refractivity contribution < 1.29 is 14.3 Å². The summed E-state index contributed by atoms with van der Waals surface area (Å²) >= 11 is 6.06. The molecule has 0 bridgehead atoms. The summed E-state index contributed by atoms with van der Waals surface area (Å²) in [6, 6.07) is 4.93. The largest absolute Gasteiger partial charge is 0.372 e. The maximum Gasteiger partial charge on any atom is 0.250 e. The fourth-order valence-corrected chi connectivity index (χ4v) is 1.77. The highest BCUT2D eigenvalue weighted by molar-refractivity contribution is 6.34. The molecule has 0 aliphatic rings. The molecule has 1 aromatic rings. The van der Waals surface area contributed by atoms with Crippen molar-refractivity contribution in [3.8, 4) is 0 Å². The van der Waals surface area contributed by atoms with Crippen LogP contribution >= 0.6 is 11.6 Å². The molecule has 0 saturated heterocycles. The molecule has 0 saturated carbocycles. The van der Waals surface area contributed by atoms with Crippen molar-refractivity contribution in [3.05, 3.63) is 23.2 Å². The Bertz CT molecular complexity index is 492. The Morgan fingerprint density at radius 2 is 1.95 bits per heavy atom. The second kappa shape index (κ2) is 9.37. The molecule has 0 fully saturated rings. The van der Waals surface area contributed by atoms with Gasteiger partial charge in [0, 0.05) is 18.7 Å². The molecule has 0 aliphatic heterocycles. The fraction of sp³-hybridized carbons (Fsp3) is 0.467. The Morgan fingerprint density at radius 1 is 1.19 bits per heavy atom. The first-order valence-electron chi connectivity index (χ1n) is 7.03. The number of nitrogens with one attached hydrogen (secondary N) is 2. The molecule has 6 heteroatoms. The van der Waals surface area contributed by atoms with Crippen molar-refractivity contribution in [1.82, 2.24) is 0 Å². The van der Waals surface area contributed by atoms with Crippen LogP contribution in [0.25, 0.3) is 0 Å². The summed E-state index contributed by atoms with van der Waals surface area (Å²) < 4.78 is 5.23. The predicted molar refractivity (Wildman–Crippen MR) is 84.7 cm³/mol. The number of carbonyl (C=O) groups excluding carboxylic acids is 2. The van der Waals surface area contributed by atoms with E-state index in [1.807, 2.05) is 0 Å². The van der Waals surface area contributed by atoms with Gasteiger partial charge in [0.25, 0.3) is 0 Å². The van der Waals surface area contributed by atoms with E-state index in [1.165, 1.54) is 0 Å². The summed E-state index contributed by atoms with van der Waals surface area (Å²) in [5.74, 6) is -0.342. The molecule has 1 aromatic carbocycles. The third-order valence-electron chi connectivity index (χ3n) is 2.72. The summed E-state index contributed by atoms with van der Waals surface area (Å²) in [6.07, 6.45) is 2.34. The fourth-order valence-electron chi connectivity index (χ4n) is 1.54. The molecule has 0 unspecified atom stereocenters. The average molecular weight is 313 g/mol. The van der Waals surface area contributed by atoms with Crippen LogP contribution in [-0.4, -0.2) is 25.0 Å². The Balaban J connectivity index is 2.51.